The summed E-state index contributed by atoms with van der Waals surface area (Å²) < 4.78 is 1.98. The number of anilines is 2. The average Bonchev–Trinajstić information content (AvgIpc) is 3.15. The van der Waals surface area contributed by atoms with Crippen LogP contribution in [0.3, 0.4) is 0 Å². The first kappa shape index (κ1) is 22.4. The van der Waals surface area contributed by atoms with E-state index in [1.807, 2.05) is 24.6 Å². The third-order valence-corrected chi connectivity index (χ3v) is 5.26. The van der Waals surface area contributed by atoms with E-state index in [1.165, 1.54) is 22.9 Å². The van der Waals surface area contributed by atoms with E-state index in [4.69, 9.17) is 0 Å². The molecule has 0 fully saturated rings. The molecule has 8 heteroatoms. The maximum atomic E-state index is 12.6. The van der Waals surface area contributed by atoms with E-state index >= 15 is 0 Å². The van der Waals surface area contributed by atoms with Gasteiger partial charge in [0.05, 0.1) is 17.1 Å². The van der Waals surface area contributed by atoms with Crippen molar-refractivity contribution in [3.63, 3.8) is 0 Å². The zero-order valence-corrected chi connectivity index (χ0v) is 18.9. The fourth-order valence-corrected chi connectivity index (χ4v) is 3.89. The van der Waals surface area contributed by atoms with E-state index in [1.54, 1.807) is 30.5 Å². The Hall–Kier alpha value is -3.26. The Morgan fingerprint density at radius 1 is 1.03 bits per heavy atom. The largest absolute Gasteiger partial charge is 0.336 e. The van der Waals surface area contributed by atoms with Gasteiger partial charge in [0.2, 0.25) is 5.91 Å². The molecule has 3 rings (SSSR count). The van der Waals surface area contributed by atoms with Gasteiger partial charge in [-0.25, -0.2) is 9.78 Å². The smallest absolute Gasteiger partial charge is 0.319 e. The monoisotopic (exact) mass is 437 g/mol. The highest BCUT2D eigenvalue weighted by Gasteiger charge is 2.13. The number of para-hydroxylation sites is 2. The Balaban J connectivity index is 1.65. The number of rotatable bonds is 7. The first-order valence-electron chi connectivity index (χ1n) is 10.0. The topological polar surface area (TPSA) is 88.1 Å². The molecule has 1 aromatic heterocycles. The van der Waals surface area contributed by atoms with Gasteiger partial charge in [0.15, 0.2) is 5.16 Å². The van der Waals surface area contributed by atoms with Gasteiger partial charge in [-0.15, -0.1) is 0 Å². The minimum atomic E-state index is -0.318. The highest BCUT2D eigenvalue weighted by molar-refractivity contribution is 7.99. The van der Waals surface area contributed by atoms with E-state index in [-0.39, 0.29) is 23.7 Å². The van der Waals surface area contributed by atoms with Crippen molar-refractivity contribution in [2.24, 2.45) is 0 Å². The van der Waals surface area contributed by atoms with Crippen molar-refractivity contribution in [3.8, 4) is 5.69 Å². The molecule has 31 heavy (non-hydrogen) atoms. The summed E-state index contributed by atoms with van der Waals surface area (Å²) >= 11 is 1.36. The van der Waals surface area contributed by atoms with Crippen LogP contribution in [0.4, 0.5) is 16.2 Å². The van der Waals surface area contributed by atoms with Crippen LogP contribution in [0.5, 0.6) is 0 Å². The molecule has 3 amide bonds. The summed E-state index contributed by atoms with van der Waals surface area (Å²) in [5.74, 6) is 0.00687. The van der Waals surface area contributed by atoms with E-state index in [0.29, 0.717) is 11.4 Å². The second-order valence-electron chi connectivity index (χ2n) is 7.56. The van der Waals surface area contributed by atoms with Gasteiger partial charge in [-0.1, -0.05) is 30.0 Å². The van der Waals surface area contributed by atoms with Crippen molar-refractivity contribution >= 4 is 35.1 Å². The van der Waals surface area contributed by atoms with Crippen LogP contribution >= 0.6 is 11.8 Å². The Kier molecular flexibility index (Phi) is 7.36. The van der Waals surface area contributed by atoms with Crippen molar-refractivity contribution < 1.29 is 9.59 Å². The lowest BCUT2D eigenvalue weighted by molar-refractivity contribution is -0.113. The van der Waals surface area contributed by atoms with E-state index in [9.17, 15) is 9.59 Å². The van der Waals surface area contributed by atoms with Crippen molar-refractivity contribution in [2.75, 3.05) is 16.4 Å². The highest BCUT2D eigenvalue weighted by atomic mass is 32.2. The van der Waals surface area contributed by atoms with Crippen LogP contribution in [0.2, 0.25) is 0 Å². The third kappa shape index (κ3) is 6.36. The number of benzene rings is 2. The summed E-state index contributed by atoms with van der Waals surface area (Å²) in [6, 6.07) is 13.1. The van der Waals surface area contributed by atoms with Crippen molar-refractivity contribution in [1.82, 2.24) is 14.9 Å². The molecule has 0 atom stereocenters. The zero-order valence-electron chi connectivity index (χ0n) is 18.1. The number of hydrogen-bond donors (Lipinski definition) is 3. The molecule has 0 aliphatic rings. The normalized spacial score (nSPS) is 10.7. The molecule has 3 aromatic rings. The number of nitrogens with zero attached hydrogens (tertiary/aromatic N) is 2. The molecular weight excluding hydrogens is 410 g/mol. The first-order valence-corrected chi connectivity index (χ1v) is 11.0. The number of imidazole rings is 1. The molecule has 0 spiro atoms. The van der Waals surface area contributed by atoms with E-state index in [0.717, 1.165) is 10.8 Å². The first-order chi connectivity index (χ1) is 14.8. The number of nitrogens with one attached hydrogen (secondary N) is 3. The van der Waals surface area contributed by atoms with Gasteiger partial charge in [-0.2, -0.15) is 0 Å². The zero-order chi connectivity index (χ0) is 22.4. The Bertz CT molecular complexity index is 1060. The number of thioether (sulfide) groups is 1. The molecule has 0 saturated carbocycles. The number of carbonyl (C=O) groups excluding carboxylic acids is 2. The van der Waals surface area contributed by atoms with Gasteiger partial charge in [-0.05, 0) is 63.1 Å². The number of hydrogen-bond acceptors (Lipinski definition) is 4. The number of carbonyl (C=O) groups is 2. The SMILES string of the molecule is Cc1cc(C)cc(-n2ccnc2SCC(=O)Nc2ccccc2NC(=O)NC(C)C)c1. The summed E-state index contributed by atoms with van der Waals surface area (Å²) in [6.45, 7) is 7.88. The summed E-state index contributed by atoms with van der Waals surface area (Å²) in [4.78, 5) is 29.0. The molecule has 0 unspecified atom stereocenters. The summed E-state index contributed by atoms with van der Waals surface area (Å²) in [5.41, 5.74) is 4.44. The lowest BCUT2D eigenvalue weighted by atomic mass is 10.1. The molecule has 3 N–H and O–H groups in total. The van der Waals surface area contributed by atoms with Gasteiger partial charge < -0.3 is 16.0 Å². The highest BCUT2D eigenvalue weighted by Crippen LogP contribution is 2.24. The fraction of sp³-hybridized carbons (Fsp3) is 0.261. The third-order valence-electron chi connectivity index (χ3n) is 4.29. The number of urea groups is 1. The Morgan fingerprint density at radius 2 is 1.68 bits per heavy atom. The van der Waals surface area contributed by atoms with Gasteiger partial charge >= 0.3 is 6.03 Å². The molecule has 162 valence electrons. The van der Waals surface area contributed by atoms with Crippen LogP contribution in [-0.4, -0.2) is 33.3 Å². The predicted molar refractivity (Wildman–Crippen MR) is 126 cm³/mol. The van der Waals surface area contributed by atoms with Crippen molar-refractivity contribution in [2.45, 2.75) is 38.9 Å². The summed E-state index contributed by atoms with van der Waals surface area (Å²) in [5, 5.41) is 9.15. The molecular formula is C23H27N5O2S. The van der Waals surface area contributed by atoms with Crippen molar-refractivity contribution in [3.05, 3.63) is 66.0 Å². The van der Waals surface area contributed by atoms with Gasteiger partial charge in [0.1, 0.15) is 0 Å². The van der Waals surface area contributed by atoms with Gasteiger partial charge in [-0.3, -0.25) is 9.36 Å². The molecule has 0 saturated heterocycles. The Morgan fingerprint density at radius 3 is 2.32 bits per heavy atom. The van der Waals surface area contributed by atoms with Gasteiger partial charge in [0.25, 0.3) is 0 Å². The lowest BCUT2D eigenvalue weighted by Crippen LogP contribution is -2.34. The number of amides is 3. The van der Waals surface area contributed by atoms with E-state index in [2.05, 4.69) is 53.0 Å². The van der Waals surface area contributed by atoms with E-state index < -0.39 is 0 Å². The molecule has 1 heterocycles. The number of aromatic nitrogens is 2. The minimum Gasteiger partial charge on any atom is -0.336 e. The maximum absolute atomic E-state index is 12.6. The van der Waals surface area contributed by atoms with Crippen LogP contribution in [-0.2, 0) is 4.79 Å². The number of aryl methyl sites for hydroxylation is 2. The summed E-state index contributed by atoms with van der Waals surface area (Å²) in [7, 11) is 0. The fourth-order valence-electron chi connectivity index (χ4n) is 3.12. The van der Waals surface area contributed by atoms with Crippen molar-refractivity contribution in [1.29, 1.82) is 0 Å². The van der Waals surface area contributed by atoms with Crippen LogP contribution in [0.25, 0.3) is 5.69 Å². The molecule has 0 radical (unpaired) electrons. The molecule has 0 aliphatic carbocycles. The van der Waals surface area contributed by atoms with Crippen LogP contribution in [0.15, 0.2) is 60.0 Å². The maximum Gasteiger partial charge on any atom is 0.319 e. The lowest BCUT2D eigenvalue weighted by Gasteiger charge is -2.14. The molecule has 7 nitrogen and oxygen atoms in total. The van der Waals surface area contributed by atoms with Gasteiger partial charge in [0, 0.05) is 24.1 Å². The molecule has 0 aliphatic heterocycles. The second-order valence-corrected chi connectivity index (χ2v) is 8.50. The predicted octanol–water partition coefficient (Wildman–Crippen LogP) is 4.75. The molecule has 0 bridgehead atoms. The minimum absolute atomic E-state index is 0.0130. The summed E-state index contributed by atoms with van der Waals surface area (Å²) in [6.07, 6.45) is 3.62. The van der Waals surface area contributed by atoms with Crippen LogP contribution in [0, 0.1) is 13.8 Å². The van der Waals surface area contributed by atoms with Crippen LogP contribution < -0.4 is 16.0 Å². The Labute approximate surface area is 186 Å². The quantitative estimate of drug-likeness (QED) is 0.466. The van der Waals surface area contributed by atoms with Crippen LogP contribution in [0.1, 0.15) is 25.0 Å². The molecule has 2 aromatic carbocycles. The second kappa shape index (κ2) is 10.2. The standard InChI is InChI=1S/C23H27N5O2S/c1-15(2)25-22(30)27-20-8-6-5-7-19(20)26-21(29)14-31-23-24-9-10-28(23)18-12-16(3)11-17(4)13-18/h5-13,15H,14H2,1-4H3,(H,26,29)(H2,25,27,30). The average molecular weight is 438 g/mol.